The Morgan fingerprint density at radius 2 is 2.12 bits per heavy atom. The molecule has 1 aromatic carbocycles. The number of methoxy groups -OCH3 is 2. The van der Waals surface area contributed by atoms with Crippen molar-refractivity contribution in [1.82, 2.24) is 14.6 Å². The molecule has 9 heteroatoms. The van der Waals surface area contributed by atoms with Crippen LogP contribution in [0.2, 0.25) is 5.02 Å². The zero-order chi connectivity index (χ0) is 18.7. The molecular formula is C17H16ClN3O4S. The van der Waals surface area contributed by atoms with Gasteiger partial charge in [0.1, 0.15) is 29.4 Å². The normalized spacial score (nSPS) is 11.6. The Labute approximate surface area is 158 Å². The number of hydrogen-bond acceptors (Lipinski definition) is 7. The molecule has 0 aliphatic carbocycles. The fourth-order valence-electron chi connectivity index (χ4n) is 2.35. The van der Waals surface area contributed by atoms with Gasteiger partial charge in [-0.1, -0.05) is 35.1 Å². The summed E-state index contributed by atoms with van der Waals surface area (Å²) >= 11 is 7.45. The third kappa shape index (κ3) is 3.51. The van der Waals surface area contributed by atoms with E-state index in [-0.39, 0.29) is 12.2 Å². The predicted octanol–water partition coefficient (Wildman–Crippen LogP) is 3.49. The predicted molar refractivity (Wildman–Crippen MR) is 98.4 cm³/mol. The molecule has 0 bridgehead atoms. The molecule has 0 radical (unpaired) electrons. The van der Waals surface area contributed by atoms with Gasteiger partial charge in [-0.25, -0.2) is 14.3 Å². The number of fused-ring (bicyclic) bond motifs is 1. The standard InChI is InChI=1S/C17H16ClN3O4S/c1-10-19-17-21(20-10)13(9-25-14-7-5-4-6-12(14)18)15(26-17)11(8-23-2)16(22)24-3/h4-8H,9H2,1-3H3/b11-8+. The van der Waals surface area contributed by atoms with Gasteiger partial charge < -0.3 is 14.2 Å². The lowest BCUT2D eigenvalue weighted by Gasteiger charge is -2.10. The number of aryl methyl sites for hydroxylation is 1. The Hall–Kier alpha value is -2.58. The molecule has 0 atom stereocenters. The van der Waals surface area contributed by atoms with Gasteiger partial charge in [-0.3, -0.25) is 0 Å². The molecular weight excluding hydrogens is 378 g/mol. The Morgan fingerprint density at radius 3 is 2.81 bits per heavy atom. The van der Waals surface area contributed by atoms with Gasteiger partial charge >= 0.3 is 5.97 Å². The van der Waals surface area contributed by atoms with Gasteiger partial charge in [0.25, 0.3) is 0 Å². The average molecular weight is 394 g/mol. The topological polar surface area (TPSA) is 75.0 Å². The lowest BCUT2D eigenvalue weighted by molar-refractivity contribution is -0.133. The van der Waals surface area contributed by atoms with Gasteiger partial charge in [0.05, 0.1) is 30.4 Å². The molecule has 0 aliphatic heterocycles. The Kier molecular flexibility index (Phi) is 5.43. The SMILES string of the molecule is CO/C=C(/C(=O)OC)c1sc2nc(C)nn2c1COc1ccccc1Cl. The number of thiazole rings is 1. The van der Waals surface area contributed by atoms with Gasteiger partial charge in [0.15, 0.2) is 0 Å². The maximum Gasteiger partial charge on any atom is 0.342 e. The largest absolute Gasteiger partial charge is 0.503 e. The van der Waals surface area contributed by atoms with Gasteiger partial charge in [0.2, 0.25) is 4.96 Å². The number of halogens is 1. The first-order chi connectivity index (χ1) is 12.5. The first kappa shape index (κ1) is 18.2. The van der Waals surface area contributed by atoms with Crippen molar-refractivity contribution >= 4 is 39.4 Å². The summed E-state index contributed by atoms with van der Waals surface area (Å²) in [5.74, 6) is 0.635. The van der Waals surface area contributed by atoms with Crippen LogP contribution in [0, 0.1) is 6.92 Å². The van der Waals surface area contributed by atoms with Gasteiger partial charge in [-0.15, -0.1) is 0 Å². The molecule has 0 spiro atoms. The van der Waals surface area contributed by atoms with Crippen molar-refractivity contribution in [1.29, 1.82) is 0 Å². The maximum atomic E-state index is 12.2. The second kappa shape index (κ2) is 7.76. The first-order valence-electron chi connectivity index (χ1n) is 7.59. The van der Waals surface area contributed by atoms with E-state index >= 15 is 0 Å². The molecule has 0 saturated heterocycles. The van der Waals surface area contributed by atoms with E-state index in [2.05, 4.69) is 10.1 Å². The van der Waals surface area contributed by atoms with Crippen LogP contribution in [0.1, 0.15) is 16.4 Å². The highest BCUT2D eigenvalue weighted by molar-refractivity contribution is 7.18. The number of carbonyl (C=O) groups is 1. The smallest absolute Gasteiger partial charge is 0.342 e. The van der Waals surface area contributed by atoms with E-state index in [0.717, 1.165) is 0 Å². The number of para-hydroxylation sites is 1. The molecule has 2 heterocycles. The zero-order valence-corrected chi connectivity index (χ0v) is 15.9. The number of aromatic nitrogens is 3. The van der Waals surface area contributed by atoms with E-state index in [1.807, 2.05) is 12.1 Å². The van der Waals surface area contributed by atoms with Gasteiger partial charge in [0, 0.05) is 0 Å². The second-order valence-corrected chi connectivity index (χ2v) is 6.59. The number of rotatable bonds is 6. The lowest BCUT2D eigenvalue weighted by atomic mass is 10.2. The highest BCUT2D eigenvalue weighted by atomic mass is 35.5. The summed E-state index contributed by atoms with van der Waals surface area (Å²) < 4.78 is 17.4. The highest BCUT2D eigenvalue weighted by Crippen LogP contribution is 2.32. The van der Waals surface area contributed by atoms with E-state index < -0.39 is 5.97 Å². The van der Waals surface area contributed by atoms with Crippen LogP contribution in [-0.2, 0) is 20.9 Å². The summed E-state index contributed by atoms with van der Waals surface area (Å²) in [6, 6.07) is 7.16. The van der Waals surface area contributed by atoms with Crippen LogP contribution in [0.15, 0.2) is 30.5 Å². The van der Waals surface area contributed by atoms with Crippen LogP contribution in [0.25, 0.3) is 10.5 Å². The summed E-state index contributed by atoms with van der Waals surface area (Å²) in [4.78, 5) is 17.8. The average Bonchev–Trinajstić information content (AvgIpc) is 3.14. The van der Waals surface area contributed by atoms with Gasteiger partial charge in [-0.2, -0.15) is 5.10 Å². The lowest BCUT2D eigenvalue weighted by Crippen LogP contribution is -2.09. The van der Waals surface area contributed by atoms with Crippen molar-refractivity contribution in [3.8, 4) is 5.75 Å². The summed E-state index contributed by atoms with van der Waals surface area (Å²) in [6.07, 6.45) is 1.34. The molecule has 0 fully saturated rings. The van der Waals surface area contributed by atoms with E-state index in [9.17, 15) is 4.79 Å². The maximum absolute atomic E-state index is 12.2. The van der Waals surface area contributed by atoms with Crippen LogP contribution in [0.5, 0.6) is 5.75 Å². The van der Waals surface area contributed by atoms with Crippen molar-refractivity contribution in [2.24, 2.45) is 0 Å². The summed E-state index contributed by atoms with van der Waals surface area (Å²) in [5.41, 5.74) is 0.918. The number of ether oxygens (including phenoxy) is 3. The van der Waals surface area contributed by atoms with E-state index in [1.165, 1.54) is 31.8 Å². The Balaban J connectivity index is 2.05. The molecule has 3 rings (SSSR count). The summed E-state index contributed by atoms with van der Waals surface area (Å²) in [5, 5.41) is 4.88. The van der Waals surface area contributed by atoms with Crippen molar-refractivity contribution < 1.29 is 19.0 Å². The molecule has 136 valence electrons. The third-order valence-corrected chi connectivity index (χ3v) is 4.90. The molecule has 0 N–H and O–H groups in total. The van der Waals surface area contributed by atoms with Crippen LogP contribution >= 0.6 is 22.9 Å². The minimum absolute atomic E-state index is 0.139. The van der Waals surface area contributed by atoms with Crippen LogP contribution in [0.4, 0.5) is 0 Å². The van der Waals surface area contributed by atoms with Crippen LogP contribution in [-0.4, -0.2) is 34.8 Å². The molecule has 7 nitrogen and oxygen atoms in total. The van der Waals surface area contributed by atoms with Crippen molar-refractivity contribution in [3.63, 3.8) is 0 Å². The fourth-order valence-corrected chi connectivity index (χ4v) is 3.64. The third-order valence-electron chi connectivity index (χ3n) is 3.48. The number of hydrogen-bond donors (Lipinski definition) is 0. The molecule has 3 aromatic rings. The van der Waals surface area contributed by atoms with Crippen molar-refractivity contribution in [3.05, 3.63) is 51.9 Å². The first-order valence-corrected chi connectivity index (χ1v) is 8.78. The molecule has 0 unspecified atom stereocenters. The Morgan fingerprint density at radius 1 is 1.35 bits per heavy atom. The molecule has 0 aliphatic rings. The molecule has 0 amide bonds. The minimum atomic E-state index is -0.521. The quantitative estimate of drug-likeness (QED) is 0.362. The zero-order valence-electron chi connectivity index (χ0n) is 14.4. The molecule has 0 saturated carbocycles. The summed E-state index contributed by atoms with van der Waals surface area (Å²) in [7, 11) is 2.77. The fraction of sp³-hybridized carbons (Fsp3) is 0.235. The molecule has 26 heavy (non-hydrogen) atoms. The highest BCUT2D eigenvalue weighted by Gasteiger charge is 2.24. The number of benzene rings is 1. The number of esters is 1. The Bertz CT molecular complexity index is 980. The number of carbonyl (C=O) groups excluding carboxylic acids is 1. The van der Waals surface area contributed by atoms with Crippen LogP contribution < -0.4 is 4.74 Å². The van der Waals surface area contributed by atoms with Gasteiger partial charge in [-0.05, 0) is 19.1 Å². The monoisotopic (exact) mass is 393 g/mol. The van der Waals surface area contributed by atoms with Crippen LogP contribution in [0.3, 0.4) is 0 Å². The van der Waals surface area contributed by atoms with E-state index in [1.54, 1.807) is 23.6 Å². The molecule has 2 aromatic heterocycles. The van der Waals surface area contributed by atoms with Crippen molar-refractivity contribution in [2.45, 2.75) is 13.5 Å². The minimum Gasteiger partial charge on any atom is -0.503 e. The number of nitrogens with zero attached hydrogens (tertiary/aromatic N) is 3. The van der Waals surface area contributed by atoms with Crippen molar-refractivity contribution in [2.75, 3.05) is 14.2 Å². The van der Waals surface area contributed by atoms with E-state index in [4.69, 9.17) is 25.8 Å². The summed E-state index contributed by atoms with van der Waals surface area (Å²) in [6.45, 7) is 1.93. The second-order valence-electron chi connectivity index (χ2n) is 5.21. The van der Waals surface area contributed by atoms with E-state index in [0.29, 0.717) is 32.1 Å².